The average molecular weight is 418 g/mol. The van der Waals surface area contributed by atoms with Crippen LogP contribution in [-0.4, -0.2) is 5.97 Å². The molecule has 2 aromatic carbocycles. The Hall–Kier alpha value is -3.79. The molecule has 0 aliphatic heterocycles. The summed E-state index contributed by atoms with van der Waals surface area (Å²) in [7, 11) is 0. The van der Waals surface area contributed by atoms with Crippen LogP contribution in [0.2, 0.25) is 0 Å². The number of carbonyl (C=O) groups is 1. The van der Waals surface area contributed by atoms with E-state index in [1.165, 1.54) is 6.08 Å². The van der Waals surface area contributed by atoms with E-state index in [1.807, 2.05) is 31.2 Å². The average Bonchev–Trinajstić information content (AvgIpc) is 2.76. The molecule has 0 saturated carbocycles. The molecule has 0 aliphatic carbocycles. The lowest BCUT2D eigenvalue weighted by molar-refractivity contribution is 0.0623. The summed E-state index contributed by atoms with van der Waals surface area (Å²) in [6.07, 6.45) is 3.05. The molecule has 0 radical (unpaired) electrons. The lowest BCUT2D eigenvalue weighted by Gasteiger charge is -2.09. The van der Waals surface area contributed by atoms with E-state index in [1.54, 1.807) is 37.3 Å². The van der Waals surface area contributed by atoms with Gasteiger partial charge in [0.1, 0.15) is 0 Å². The Kier molecular flexibility index (Phi) is 7.81. The van der Waals surface area contributed by atoms with Gasteiger partial charge in [-0.15, -0.1) is 0 Å². The van der Waals surface area contributed by atoms with E-state index in [-0.39, 0.29) is 16.7 Å². The van der Waals surface area contributed by atoms with E-state index in [4.69, 9.17) is 4.74 Å². The van der Waals surface area contributed by atoms with Crippen molar-refractivity contribution < 1.29 is 18.3 Å². The van der Waals surface area contributed by atoms with E-state index >= 15 is 0 Å². The van der Waals surface area contributed by atoms with Gasteiger partial charge in [-0.05, 0) is 42.7 Å². The number of aryl methyl sites for hydroxylation is 1. The van der Waals surface area contributed by atoms with Crippen molar-refractivity contribution >= 4 is 5.97 Å². The third kappa shape index (κ3) is 6.34. The minimum atomic E-state index is -1.42. The topological polar surface area (TPSA) is 26.3 Å². The predicted molar refractivity (Wildman–Crippen MR) is 123 cm³/mol. The van der Waals surface area contributed by atoms with Crippen LogP contribution in [0.15, 0.2) is 121 Å². The van der Waals surface area contributed by atoms with Gasteiger partial charge >= 0.3 is 5.97 Å². The Balaban J connectivity index is 2.10. The lowest BCUT2D eigenvalue weighted by atomic mass is 10.0. The molecule has 2 aromatic rings. The lowest BCUT2D eigenvalue weighted by Crippen LogP contribution is -2.06. The molecule has 0 aromatic heterocycles. The van der Waals surface area contributed by atoms with Crippen molar-refractivity contribution in [2.75, 3.05) is 0 Å². The van der Waals surface area contributed by atoms with E-state index in [0.29, 0.717) is 5.57 Å². The fourth-order valence-electron chi connectivity index (χ4n) is 2.50. The molecule has 158 valence electrons. The van der Waals surface area contributed by atoms with E-state index in [9.17, 15) is 13.6 Å². The molecule has 0 N–H and O–H groups in total. The van der Waals surface area contributed by atoms with Crippen LogP contribution in [0.4, 0.5) is 8.78 Å². The molecule has 4 heteroatoms. The van der Waals surface area contributed by atoms with Crippen LogP contribution in [-0.2, 0) is 4.74 Å². The van der Waals surface area contributed by atoms with Crippen LogP contribution in [0.1, 0.15) is 22.8 Å². The first-order valence-electron chi connectivity index (χ1n) is 9.46. The number of halogens is 2. The maximum atomic E-state index is 14.4. The molecule has 31 heavy (non-hydrogen) atoms. The molecule has 0 fully saturated rings. The number of hydrogen-bond acceptors (Lipinski definition) is 2. The Morgan fingerprint density at radius 3 is 1.87 bits per heavy atom. The summed E-state index contributed by atoms with van der Waals surface area (Å²) in [5.41, 5.74) is 3.80. The molecule has 2 nitrogen and oxygen atoms in total. The second-order valence-corrected chi connectivity index (χ2v) is 7.07. The Labute approximate surface area is 181 Å². The maximum absolute atomic E-state index is 14.4. The third-order valence-electron chi connectivity index (χ3n) is 4.38. The van der Waals surface area contributed by atoms with Crippen molar-refractivity contribution in [3.63, 3.8) is 0 Å². The van der Waals surface area contributed by atoms with Gasteiger partial charge < -0.3 is 4.74 Å². The fraction of sp³-hybridized carbons (Fsp3) is 0.0741. The smallest absolute Gasteiger partial charge is 0.343 e. The first-order chi connectivity index (χ1) is 14.6. The molecular formula is C27H24F2O2. The molecule has 0 atom stereocenters. The normalized spacial score (nSPS) is 11.6. The number of rotatable bonds is 8. The van der Waals surface area contributed by atoms with E-state index in [2.05, 4.69) is 26.3 Å². The zero-order valence-corrected chi connectivity index (χ0v) is 17.7. The fourth-order valence-corrected chi connectivity index (χ4v) is 2.50. The Morgan fingerprint density at radius 1 is 0.839 bits per heavy atom. The van der Waals surface area contributed by atoms with E-state index in [0.717, 1.165) is 16.7 Å². The van der Waals surface area contributed by atoms with Crippen LogP contribution < -0.4 is 0 Å². The van der Waals surface area contributed by atoms with Crippen LogP contribution >= 0.6 is 0 Å². The quantitative estimate of drug-likeness (QED) is 0.249. The number of allylic oxidation sites excluding steroid dienone is 7. The summed E-state index contributed by atoms with van der Waals surface area (Å²) in [6.45, 7) is 17.8. The summed E-state index contributed by atoms with van der Waals surface area (Å²) in [5.74, 6) is -4.32. The second kappa shape index (κ2) is 10.3. The largest absolute Gasteiger partial charge is 0.420 e. The molecular weight excluding hydrogens is 394 g/mol. The van der Waals surface area contributed by atoms with Crippen molar-refractivity contribution in [1.82, 2.24) is 0 Å². The minimum absolute atomic E-state index is 0.154. The number of hydrogen-bond donors (Lipinski definition) is 0. The Bertz CT molecular complexity index is 1100. The van der Waals surface area contributed by atoms with Gasteiger partial charge in [-0.2, -0.15) is 4.39 Å². The van der Waals surface area contributed by atoms with Gasteiger partial charge in [0.2, 0.25) is 5.83 Å². The zero-order chi connectivity index (χ0) is 23.1. The van der Waals surface area contributed by atoms with Crippen LogP contribution in [0.3, 0.4) is 0 Å². The van der Waals surface area contributed by atoms with Gasteiger partial charge in [-0.1, -0.05) is 86.0 Å². The summed E-state index contributed by atoms with van der Waals surface area (Å²) in [6, 6.07) is 14.5. The Morgan fingerprint density at radius 2 is 1.35 bits per heavy atom. The predicted octanol–water partition coefficient (Wildman–Crippen LogP) is 7.73. The summed E-state index contributed by atoms with van der Waals surface area (Å²) in [5, 5.41) is 0. The number of ether oxygens (including phenoxy) is 1. The SMILES string of the molecule is C=C(C)/C=C\C(=C)C(=C)/C(F)=C(/F)C(=C)OC(=O)c1ccc(-c2ccc(C)cc2)cc1. The maximum Gasteiger partial charge on any atom is 0.343 e. The second-order valence-electron chi connectivity index (χ2n) is 7.07. The number of benzene rings is 2. The molecule has 0 unspecified atom stereocenters. The highest BCUT2D eigenvalue weighted by Crippen LogP contribution is 2.28. The first-order valence-corrected chi connectivity index (χ1v) is 9.46. The summed E-state index contributed by atoms with van der Waals surface area (Å²) < 4.78 is 33.7. The molecule has 2 rings (SSSR count). The van der Waals surface area contributed by atoms with Crippen molar-refractivity contribution in [1.29, 1.82) is 0 Å². The standard InChI is InChI=1S/C27H24F2O2/c1-17(2)7-10-19(4)20(5)25(28)26(29)21(6)31-27(30)24-15-13-23(14-16-24)22-11-8-18(3)9-12-22/h7-16H,1,4-6H2,2-3H3/b10-7-,26-25-. The highest BCUT2D eigenvalue weighted by Gasteiger charge is 2.19. The van der Waals surface area contributed by atoms with Crippen molar-refractivity contribution in [3.05, 3.63) is 132 Å². The summed E-state index contributed by atoms with van der Waals surface area (Å²) >= 11 is 0. The van der Waals surface area contributed by atoms with Gasteiger partial charge in [-0.25, -0.2) is 9.18 Å². The molecule has 0 saturated heterocycles. The summed E-state index contributed by atoms with van der Waals surface area (Å²) in [4.78, 5) is 12.3. The van der Waals surface area contributed by atoms with Crippen LogP contribution in [0.25, 0.3) is 11.1 Å². The number of carbonyl (C=O) groups excluding carboxylic acids is 1. The highest BCUT2D eigenvalue weighted by molar-refractivity contribution is 5.91. The van der Waals surface area contributed by atoms with Crippen molar-refractivity contribution in [2.45, 2.75) is 13.8 Å². The zero-order valence-electron chi connectivity index (χ0n) is 17.7. The van der Waals surface area contributed by atoms with Gasteiger partial charge in [0.25, 0.3) is 0 Å². The molecule has 0 aliphatic rings. The van der Waals surface area contributed by atoms with Gasteiger partial charge in [0.15, 0.2) is 11.6 Å². The van der Waals surface area contributed by atoms with Crippen LogP contribution in [0.5, 0.6) is 0 Å². The molecule has 0 bridgehead atoms. The van der Waals surface area contributed by atoms with Gasteiger partial charge in [0.05, 0.1) is 5.56 Å². The van der Waals surface area contributed by atoms with Crippen LogP contribution in [0, 0.1) is 6.92 Å². The molecule has 0 heterocycles. The first kappa shape index (κ1) is 23.5. The van der Waals surface area contributed by atoms with Gasteiger partial charge in [-0.3, -0.25) is 0 Å². The van der Waals surface area contributed by atoms with Crippen molar-refractivity contribution in [2.24, 2.45) is 0 Å². The molecule has 0 spiro atoms. The third-order valence-corrected chi connectivity index (χ3v) is 4.38. The molecule has 0 amide bonds. The van der Waals surface area contributed by atoms with E-state index < -0.39 is 23.4 Å². The highest BCUT2D eigenvalue weighted by atomic mass is 19.2. The van der Waals surface area contributed by atoms with Crippen molar-refractivity contribution in [3.8, 4) is 11.1 Å². The minimum Gasteiger partial charge on any atom is -0.420 e. The van der Waals surface area contributed by atoms with Gasteiger partial charge in [0, 0.05) is 5.57 Å². The number of esters is 1. The monoisotopic (exact) mass is 418 g/mol.